The van der Waals surface area contributed by atoms with Gasteiger partial charge in [-0.1, -0.05) is 31.4 Å². The Kier molecular flexibility index (Phi) is 3.22. The summed E-state index contributed by atoms with van der Waals surface area (Å²) < 4.78 is 39.0. The first kappa shape index (κ1) is 13.5. The van der Waals surface area contributed by atoms with Crippen LogP contribution in [0.5, 0.6) is 0 Å². The summed E-state index contributed by atoms with van der Waals surface area (Å²) >= 11 is 0. The molecule has 1 fully saturated rings. The number of amides is 1. The predicted molar refractivity (Wildman–Crippen MR) is 69.4 cm³/mol. The summed E-state index contributed by atoms with van der Waals surface area (Å²) in [6.07, 6.45) is 0.688. The Morgan fingerprint density at radius 2 is 1.80 bits per heavy atom. The van der Waals surface area contributed by atoms with E-state index in [1.165, 1.54) is 6.07 Å². The summed E-state index contributed by atoms with van der Waals surface area (Å²) in [7, 11) is 0. The Labute approximate surface area is 115 Å². The van der Waals surface area contributed by atoms with Crippen LogP contribution >= 0.6 is 0 Å². The molecule has 1 N–H and O–H groups in total. The van der Waals surface area contributed by atoms with Gasteiger partial charge < -0.3 is 5.32 Å². The summed E-state index contributed by atoms with van der Waals surface area (Å²) in [5.41, 5.74) is -0.237. The molecule has 1 aliphatic carbocycles. The van der Waals surface area contributed by atoms with Crippen molar-refractivity contribution in [3.05, 3.63) is 29.3 Å². The lowest BCUT2D eigenvalue weighted by Crippen LogP contribution is -2.22. The van der Waals surface area contributed by atoms with Crippen molar-refractivity contribution >= 4 is 11.6 Å². The van der Waals surface area contributed by atoms with Crippen LogP contribution in [0.4, 0.5) is 18.9 Å². The molecule has 2 aliphatic rings. The van der Waals surface area contributed by atoms with E-state index in [4.69, 9.17) is 0 Å². The second kappa shape index (κ2) is 4.79. The fourth-order valence-corrected chi connectivity index (χ4v) is 3.48. The van der Waals surface area contributed by atoms with Crippen LogP contribution in [-0.2, 0) is 11.0 Å². The molecular weight excluding hydrogens is 267 g/mol. The lowest BCUT2D eigenvalue weighted by Gasteiger charge is -2.26. The first-order valence-corrected chi connectivity index (χ1v) is 6.99. The highest BCUT2D eigenvalue weighted by molar-refractivity contribution is 6.04. The quantitative estimate of drug-likeness (QED) is 0.817. The van der Waals surface area contributed by atoms with Crippen molar-refractivity contribution in [3.8, 4) is 0 Å². The number of benzene rings is 1. The van der Waals surface area contributed by atoms with Crippen LogP contribution in [0.25, 0.3) is 0 Å². The Hall–Kier alpha value is -1.52. The summed E-state index contributed by atoms with van der Waals surface area (Å²) in [5, 5.41) is 2.46. The lowest BCUT2D eigenvalue weighted by molar-refractivity contribution is -0.136. The largest absolute Gasteiger partial charge is 0.418 e. The zero-order valence-corrected chi connectivity index (χ0v) is 11.0. The lowest BCUT2D eigenvalue weighted by atomic mass is 9.77. The van der Waals surface area contributed by atoms with Gasteiger partial charge in [0.1, 0.15) is 0 Å². The Morgan fingerprint density at radius 1 is 1.10 bits per heavy atom. The molecule has 3 rings (SSSR count). The van der Waals surface area contributed by atoms with Crippen LogP contribution in [0.2, 0.25) is 0 Å². The second-order valence-electron chi connectivity index (χ2n) is 5.63. The van der Waals surface area contributed by atoms with Crippen molar-refractivity contribution in [3.63, 3.8) is 0 Å². The van der Waals surface area contributed by atoms with Crippen molar-refractivity contribution < 1.29 is 18.0 Å². The highest BCUT2D eigenvalue weighted by Gasteiger charge is 2.43. The van der Waals surface area contributed by atoms with Gasteiger partial charge in [-0.3, -0.25) is 4.79 Å². The van der Waals surface area contributed by atoms with Crippen LogP contribution in [-0.4, -0.2) is 5.91 Å². The summed E-state index contributed by atoms with van der Waals surface area (Å²) in [4.78, 5) is 12.1. The minimum atomic E-state index is -4.43. The summed E-state index contributed by atoms with van der Waals surface area (Å²) in [6.45, 7) is 0. The highest BCUT2D eigenvalue weighted by Crippen LogP contribution is 2.47. The standard InChI is InChI=1S/C15H16F3NO/c16-15(17,18)11-8-4-7-10-12(14(20)19-13(10)11)9-5-2-1-3-6-9/h4,7-9,12H,1-3,5-6H2,(H,19,20). The van der Waals surface area contributed by atoms with E-state index < -0.39 is 17.7 Å². The molecule has 0 saturated heterocycles. The van der Waals surface area contributed by atoms with Crippen LogP contribution in [0, 0.1) is 5.92 Å². The Bertz CT molecular complexity index is 532. The van der Waals surface area contributed by atoms with Gasteiger partial charge >= 0.3 is 6.18 Å². The molecule has 2 nitrogen and oxygen atoms in total. The normalized spacial score (nSPS) is 23.6. The van der Waals surface area contributed by atoms with Crippen molar-refractivity contribution in [1.29, 1.82) is 0 Å². The van der Waals surface area contributed by atoms with Gasteiger partial charge in [-0.05, 0) is 30.4 Å². The molecule has 1 aromatic rings. The maximum atomic E-state index is 13.0. The predicted octanol–water partition coefficient (Wildman–Crippen LogP) is 4.32. The molecule has 0 bridgehead atoms. The first-order valence-electron chi connectivity index (χ1n) is 6.99. The van der Waals surface area contributed by atoms with Gasteiger partial charge in [0.2, 0.25) is 5.91 Å². The topological polar surface area (TPSA) is 29.1 Å². The van der Waals surface area contributed by atoms with Crippen LogP contribution in [0.1, 0.15) is 49.1 Å². The van der Waals surface area contributed by atoms with Gasteiger partial charge in [-0.2, -0.15) is 13.2 Å². The molecule has 1 amide bonds. The molecule has 108 valence electrons. The van der Waals surface area contributed by atoms with Crippen molar-refractivity contribution in [2.75, 3.05) is 5.32 Å². The summed E-state index contributed by atoms with van der Waals surface area (Å²) in [5.74, 6) is -0.510. The third kappa shape index (κ3) is 2.19. The van der Waals surface area contributed by atoms with Gasteiger partial charge in [-0.15, -0.1) is 0 Å². The number of nitrogens with one attached hydrogen (secondary N) is 1. The molecule has 0 aromatic heterocycles. The molecule has 1 atom stereocenters. The number of rotatable bonds is 1. The van der Waals surface area contributed by atoms with E-state index in [2.05, 4.69) is 5.32 Å². The van der Waals surface area contributed by atoms with E-state index in [0.717, 1.165) is 38.2 Å². The fraction of sp³-hybridized carbons (Fsp3) is 0.533. The minimum Gasteiger partial charge on any atom is -0.325 e. The van der Waals surface area contributed by atoms with E-state index in [-0.39, 0.29) is 17.5 Å². The van der Waals surface area contributed by atoms with Gasteiger partial charge in [0.15, 0.2) is 0 Å². The number of fused-ring (bicyclic) bond motifs is 1. The number of hydrogen-bond acceptors (Lipinski definition) is 1. The molecule has 0 spiro atoms. The Balaban J connectivity index is 2.00. The molecule has 20 heavy (non-hydrogen) atoms. The first-order chi connectivity index (χ1) is 9.48. The van der Waals surface area contributed by atoms with Gasteiger partial charge in [-0.25, -0.2) is 0 Å². The maximum absolute atomic E-state index is 13.0. The number of anilines is 1. The molecule has 1 heterocycles. The number of carbonyl (C=O) groups excluding carboxylic acids is 1. The Morgan fingerprint density at radius 3 is 2.45 bits per heavy atom. The average molecular weight is 283 g/mol. The van der Waals surface area contributed by atoms with Crippen LogP contribution < -0.4 is 5.32 Å². The van der Waals surface area contributed by atoms with Crippen LogP contribution in [0.3, 0.4) is 0 Å². The molecule has 1 aromatic carbocycles. The zero-order valence-electron chi connectivity index (χ0n) is 11.0. The zero-order chi connectivity index (χ0) is 14.3. The fourth-order valence-electron chi connectivity index (χ4n) is 3.48. The molecular formula is C15H16F3NO. The average Bonchev–Trinajstić information content (AvgIpc) is 2.74. The van der Waals surface area contributed by atoms with Crippen molar-refractivity contribution in [2.24, 2.45) is 5.92 Å². The van der Waals surface area contributed by atoms with Gasteiger partial charge in [0, 0.05) is 0 Å². The van der Waals surface area contributed by atoms with Crippen LogP contribution in [0.15, 0.2) is 18.2 Å². The van der Waals surface area contributed by atoms with E-state index in [1.54, 1.807) is 6.07 Å². The molecule has 1 aliphatic heterocycles. The SMILES string of the molecule is O=C1Nc2c(cccc2C(F)(F)F)C1C1CCCCC1. The second-order valence-corrected chi connectivity index (χ2v) is 5.63. The molecule has 0 radical (unpaired) electrons. The number of carbonyl (C=O) groups is 1. The van der Waals surface area contributed by atoms with Crippen molar-refractivity contribution in [1.82, 2.24) is 0 Å². The van der Waals surface area contributed by atoms with E-state index in [9.17, 15) is 18.0 Å². The van der Waals surface area contributed by atoms with Gasteiger partial charge in [0.25, 0.3) is 0 Å². The molecule has 1 unspecified atom stereocenters. The highest BCUT2D eigenvalue weighted by atomic mass is 19.4. The van der Waals surface area contributed by atoms with E-state index in [1.807, 2.05) is 0 Å². The summed E-state index contributed by atoms with van der Waals surface area (Å²) in [6, 6.07) is 4.09. The smallest absolute Gasteiger partial charge is 0.325 e. The molecule has 5 heteroatoms. The third-order valence-electron chi connectivity index (χ3n) is 4.39. The van der Waals surface area contributed by atoms with Gasteiger partial charge in [0.05, 0.1) is 17.2 Å². The van der Waals surface area contributed by atoms with E-state index >= 15 is 0 Å². The third-order valence-corrected chi connectivity index (χ3v) is 4.39. The van der Waals surface area contributed by atoms with Crippen molar-refractivity contribution in [2.45, 2.75) is 44.2 Å². The number of halogens is 3. The number of alkyl halides is 3. The minimum absolute atomic E-state index is 0.0272. The number of para-hydroxylation sites is 1. The number of hydrogen-bond donors (Lipinski definition) is 1. The maximum Gasteiger partial charge on any atom is 0.418 e. The monoisotopic (exact) mass is 283 g/mol. The molecule has 1 saturated carbocycles. The van der Waals surface area contributed by atoms with E-state index in [0.29, 0.717) is 5.56 Å².